The molecule has 5 heteroatoms. The number of nitrogens with zero attached hydrogens (tertiary/aromatic N) is 2. The van der Waals surface area contributed by atoms with Crippen LogP contribution in [0.5, 0.6) is 0 Å². The molecule has 0 radical (unpaired) electrons. The molecule has 1 N–H and O–H groups in total. The third-order valence-electron chi connectivity index (χ3n) is 2.04. The number of hydrogen-bond donors (Lipinski definition) is 1. The molecule has 0 fully saturated rings. The van der Waals surface area contributed by atoms with E-state index in [4.69, 9.17) is 15.3 Å². The Bertz CT molecular complexity index is 550. The molecule has 0 aliphatic heterocycles. The van der Waals surface area contributed by atoms with Crippen LogP contribution in [-0.4, -0.2) is 12.6 Å². The Hall–Kier alpha value is -2.79. The van der Waals surface area contributed by atoms with E-state index >= 15 is 0 Å². The third-order valence-corrected chi connectivity index (χ3v) is 2.04. The van der Waals surface area contributed by atoms with Crippen molar-refractivity contribution < 1.29 is 9.53 Å². The fraction of sp³-hybridized carbons (Fsp3) is 0.154. The molecule has 18 heavy (non-hydrogen) atoms. The van der Waals surface area contributed by atoms with Gasteiger partial charge in [0.1, 0.15) is 12.1 Å². The molecule has 0 saturated heterocycles. The average Bonchev–Trinajstić information content (AvgIpc) is 2.40. The van der Waals surface area contributed by atoms with Crippen molar-refractivity contribution in [1.82, 2.24) is 0 Å². The molecule has 5 nitrogen and oxygen atoms in total. The van der Waals surface area contributed by atoms with E-state index in [2.05, 4.69) is 5.32 Å². The van der Waals surface area contributed by atoms with E-state index in [1.54, 1.807) is 37.3 Å². The summed E-state index contributed by atoms with van der Waals surface area (Å²) in [5.74, 6) is -0.693. The number of para-hydroxylation sites is 1. The summed E-state index contributed by atoms with van der Waals surface area (Å²) in [6.07, 6.45) is 1.23. The number of nitriles is 2. The molecule has 0 amide bonds. The summed E-state index contributed by atoms with van der Waals surface area (Å²) in [5.41, 5.74) is 0.802. The van der Waals surface area contributed by atoms with Crippen LogP contribution in [0.2, 0.25) is 0 Å². The zero-order chi connectivity index (χ0) is 13.4. The predicted molar refractivity (Wildman–Crippen MR) is 65.1 cm³/mol. The van der Waals surface area contributed by atoms with Crippen molar-refractivity contribution in [2.24, 2.45) is 0 Å². The Labute approximate surface area is 105 Å². The Kier molecular flexibility index (Phi) is 4.96. The van der Waals surface area contributed by atoms with Crippen molar-refractivity contribution >= 4 is 11.7 Å². The molecule has 0 aliphatic carbocycles. The lowest BCUT2D eigenvalue weighted by atomic mass is 10.2. The van der Waals surface area contributed by atoms with Crippen LogP contribution in [-0.2, 0) is 9.53 Å². The number of anilines is 1. The first-order valence-electron chi connectivity index (χ1n) is 5.26. The quantitative estimate of drug-likeness (QED) is 0.494. The fourth-order valence-electron chi connectivity index (χ4n) is 1.20. The van der Waals surface area contributed by atoms with Crippen molar-refractivity contribution in [3.63, 3.8) is 0 Å². The molecule has 1 aromatic carbocycles. The van der Waals surface area contributed by atoms with E-state index in [1.807, 2.05) is 6.07 Å². The second-order valence-corrected chi connectivity index (χ2v) is 3.19. The van der Waals surface area contributed by atoms with Gasteiger partial charge in [-0.15, -0.1) is 0 Å². The van der Waals surface area contributed by atoms with Crippen molar-refractivity contribution in [3.05, 3.63) is 41.6 Å². The number of carbonyl (C=O) groups excluding carboxylic acids is 1. The van der Waals surface area contributed by atoms with Gasteiger partial charge in [-0.2, -0.15) is 10.5 Å². The van der Waals surface area contributed by atoms with Crippen LogP contribution in [0.4, 0.5) is 5.69 Å². The molecule has 0 bridgehead atoms. The van der Waals surface area contributed by atoms with E-state index in [9.17, 15) is 4.79 Å². The zero-order valence-electron chi connectivity index (χ0n) is 9.80. The van der Waals surface area contributed by atoms with Crippen LogP contribution >= 0.6 is 0 Å². The van der Waals surface area contributed by atoms with E-state index in [1.165, 1.54) is 6.20 Å². The molecular formula is C13H11N3O2. The van der Waals surface area contributed by atoms with Gasteiger partial charge in [-0.1, -0.05) is 12.1 Å². The van der Waals surface area contributed by atoms with Crippen molar-refractivity contribution in [2.75, 3.05) is 11.9 Å². The second kappa shape index (κ2) is 6.72. The van der Waals surface area contributed by atoms with E-state index in [0.717, 1.165) is 0 Å². The van der Waals surface area contributed by atoms with Crippen LogP contribution in [0, 0.1) is 22.7 Å². The number of carbonyl (C=O) groups is 1. The highest BCUT2D eigenvalue weighted by atomic mass is 16.5. The van der Waals surface area contributed by atoms with Gasteiger partial charge in [0, 0.05) is 6.20 Å². The minimum Gasteiger partial charge on any atom is -0.462 e. The number of nitrogens with one attached hydrogen (secondary N) is 1. The number of benzene rings is 1. The highest BCUT2D eigenvalue weighted by molar-refractivity contribution is 5.93. The SMILES string of the molecule is CCOC(=O)/C(C#N)=C/Nc1ccccc1C#N. The molecule has 0 spiro atoms. The summed E-state index contributed by atoms with van der Waals surface area (Å²) in [6, 6.07) is 10.5. The van der Waals surface area contributed by atoms with Crippen LogP contribution in [0.15, 0.2) is 36.0 Å². The van der Waals surface area contributed by atoms with Crippen LogP contribution in [0.25, 0.3) is 0 Å². The largest absolute Gasteiger partial charge is 0.462 e. The fourth-order valence-corrected chi connectivity index (χ4v) is 1.20. The summed E-state index contributed by atoms with van der Waals surface area (Å²) in [6.45, 7) is 1.86. The summed E-state index contributed by atoms with van der Waals surface area (Å²) in [7, 11) is 0. The molecule has 1 aromatic rings. The molecular weight excluding hydrogens is 230 g/mol. The van der Waals surface area contributed by atoms with E-state index in [0.29, 0.717) is 11.3 Å². The second-order valence-electron chi connectivity index (χ2n) is 3.19. The van der Waals surface area contributed by atoms with Crippen molar-refractivity contribution in [3.8, 4) is 12.1 Å². The lowest BCUT2D eigenvalue weighted by Crippen LogP contribution is -2.08. The molecule has 0 aliphatic rings. The van der Waals surface area contributed by atoms with Crippen molar-refractivity contribution in [2.45, 2.75) is 6.92 Å². The molecule has 0 atom stereocenters. The number of hydrogen-bond acceptors (Lipinski definition) is 5. The highest BCUT2D eigenvalue weighted by Gasteiger charge is 2.09. The lowest BCUT2D eigenvalue weighted by Gasteiger charge is -2.04. The smallest absolute Gasteiger partial charge is 0.350 e. The predicted octanol–water partition coefficient (Wildman–Crippen LogP) is 1.94. The maximum absolute atomic E-state index is 11.3. The highest BCUT2D eigenvalue weighted by Crippen LogP contribution is 2.13. The Balaban J connectivity index is 2.88. The monoisotopic (exact) mass is 241 g/mol. The van der Waals surface area contributed by atoms with E-state index in [-0.39, 0.29) is 12.2 Å². The Morgan fingerprint density at radius 2 is 2.17 bits per heavy atom. The van der Waals surface area contributed by atoms with Crippen LogP contribution in [0.1, 0.15) is 12.5 Å². The maximum Gasteiger partial charge on any atom is 0.350 e. The van der Waals surface area contributed by atoms with Gasteiger partial charge in [-0.05, 0) is 19.1 Å². The number of ether oxygens (including phenoxy) is 1. The molecule has 0 heterocycles. The molecule has 1 rings (SSSR count). The minimum absolute atomic E-state index is 0.149. The minimum atomic E-state index is -0.693. The maximum atomic E-state index is 11.3. The summed E-state index contributed by atoms with van der Waals surface area (Å²) in [5, 5.41) is 20.4. The van der Waals surface area contributed by atoms with Gasteiger partial charge in [0.2, 0.25) is 0 Å². The third kappa shape index (κ3) is 3.36. The van der Waals surface area contributed by atoms with Gasteiger partial charge < -0.3 is 10.1 Å². The standard InChI is InChI=1S/C13H11N3O2/c1-2-18-13(17)11(8-15)9-16-12-6-4-3-5-10(12)7-14/h3-6,9,16H,2H2,1H3/b11-9+. The molecule has 90 valence electrons. The lowest BCUT2D eigenvalue weighted by molar-refractivity contribution is -0.138. The van der Waals surface area contributed by atoms with Crippen LogP contribution < -0.4 is 5.32 Å². The van der Waals surface area contributed by atoms with Gasteiger partial charge >= 0.3 is 5.97 Å². The first-order chi connectivity index (χ1) is 8.72. The number of rotatable bonds is 4. The summed E-state index contributed by atoms with van der Waals surface area (Å²) < 4.78 is 4.71. The van der Waals surface area contributed by atoms with Gasteiger partial charge in [-0.25, -0.2) is 4.79 Å². The first kappa shape index (κ1) is 13.3. The average molecular weight is 241 g/mol. The van der Waals surface area contributed by atoms with Gasteiger partial charge in [-0.3, -0.25) is 0 Å². The Morgan fingerprint density at radius 1 is 1.44 bits per heavy atom. The Morgan fingerprint density at radius 3 is 2.78 bits per heavy atom. The first-order valence-corrected chi connectivity index (χ1v) is 5.26. The molecule has 0 unspecified atom stereocenters. The number of esters is 1. The summed E-state index contributed by atoms with van der Waals surface area (Å²) in [4.78, 5) is 11.3. The van der Waals surface area contributed by atoms with Gasteiger partial charge in [0.25, 0.3) is 0 Å². The van der Waals surface area contributed by atoms with Gasteiger partial charge in [0.05, 0.1) is 17.9 Å². The zero-order valence-corrected chi connectivity index (χ0v) is 9.80. The topological polar surface area (TPSA) is 85.9 Å². The molecule has 0 aromatic heterocycles. The van der Waals surface area contributed by atoms with E-state index < -0.39 is 5.97 Å². The normalized spacial score (nSPS) is 10.1. The van der Waals surface area contributed by atoms with Crippen molar-refractivity contribution in [1.29, 1.82) is 10.5 Å². The van der Waals surface area contributed by atoms with Crippen LogP contribution in [0.3, 0.4) is 0 Å². The molecule has 0 saturated carbocycles. The van der Waals surface area contributed by atoms with Gasteiger partial charge in [0.15, 0.2) is 5.57 Å². The summed E-state index contributed by atoms with van der Waals surface area (Å²) >= 11 is 0.